The molecular weight excluding hydrogens is 412 g/mol. The number of halogens is 1. The summed E-state index contributed by atoms with van der Waals surface area (Å²) >= 11 is 6.13. The van der Waals surface area contributed by atoms with Gasteiger partial charge in [-0.1, -0.05) is 31.5 Å². The van der Waals surface area contributed by atoms with Crippen LogP contribution < -0.4 is 5.73 Å². The van der Waals surface area contributed by atoms with E-state index in [-0.39, 0.29) is 30.2 Å². The minimum Gasteiger partial charge on any atom is -0.496 e. The first kappa shape index (κ1) is 23.7. The normalized spacial score (nSPS) is 20.6. The summed E-state index contributed by atoms with van der Waals surface area (Å²) in [6, 6.07) is 0. The smallest absolute Gasteiger partial charge is 0.320 e. The number of nitro groups is 1. The monoisotopic (exact) mass is 438 g/mol. The molecule has 2 aliphatic carbocycles. The van der Waals surface area contributed by atoms with Crippen LogP contribution in [-0.2, 0) is 19.1 Å². The fourth-order valence-corrected chi connectivity index (χ4v) is 3.96. The maximum absolute atomic E-state index is 13.7. The molecule has 0 aromatic carbocycles. The standard InChI is InChI=1S/C21H27ClN2O6/c1-5-30-20(26)18(14-8-7-13(23)11-16(14)24(27)28)19(25)21(2,3)12-6-9-15(22)17(10-12)29-4/h9-12,18H,5-8,23H2,1-4H3. The van der Waals surface area contributed by atoms with E-state index in [0.717, 1.165) is 0 Å². The Morgan fingerprint density at radius 3 is 2.63 bits per heavy atom. The second kappa shape index (κ2) is 9.47. The molecule has 0 heterocycles. The van der Waals surface area contributed by atoms with E-state index in [4.69, 9.17) is 26.8 Å². The predicted molar refractivity (Wildman–Crippen MR) is 112 cm³/mol. The van der Waals surface area contributed by atoms with Crippen LogP contribution in [0.1, 0.15) is 40.0 Å². The number of allylic oxidation sites excluding steroid dienone is 5. The van der Waals surface area contributed by atoms with Gasteiger partial charge in [-0.15, -0.1) is 0 Å². The van der Waals surface area contributed by atoms with E-state index in [1.165, 1.54) is 13.2 Å². The number of ether oxygens (including phenoxy) is 2. The highest BCUT2D eigenvalue weighted by atomic mass is 35.5. The molecule has 9 heteroatoms. The predicted octanol–water partition coefficient (Wildman–Crippen LogP) is 3.60. The van der Waals surface area contributed by atoms with Crippen molar-refractivity contribution in [2.24, 2.45) is 23.0 Å². The molecule has 30 heavy (non-hydrogen) atoms. The van der Waals surface area contributed by atoms with Gasteiger partial charge in [-0.3, -0.25) is 19.7 Å². The van der Waals surface area contributed by atoms with Gasteiger partial charge in [0.05, 0.1) is 23.7 Å². The number of ketones is 1. The lowest BCUT2D eigenvalue weighted by molar-refractivity contribution is -0.421. The molecule has 0 saturated carbocycles. The first-order valence-electron chi connectivity index (χ1n) is 9.70. The van der Waals surface area contributed by atoms with Crippen molar-refractivity contribution in [2.45, 2.75) is 40.0 Å². The van der Waals surface area contributed by atoms with Gasteiger partial charge >= 0.3 is 5.97 Å². The Hall–Kier alpha value is -2.61. The van der Waals surface area contributed by atoms with Crippen LogP contribution in [0.25, 0.3) is 0 Å². The van der Waals surface area contributed by atoms with Gasteiger partial charge < -0.3 is 15.2 Å². The number of hydrogen-bond acceptors (Lipinski definition) is 7. The van der Waals surface area contributed by atoms with Gasteiger partial charge in [0.15, 0.2) is 5.78 Å². The molecule has 0 aromatic rings. The number of rotatable bonds is 8. The molecular formula is C21H27ClN2O6. The Labute approximate surface area is 180 Å². The Kier molecular flexibility index (Phi) is 7.47. The largest absolute Gasteiger partial charge is 0.496 e. The van der Waals surface area contributed by atoms with Gasteiger partial charge in [0.25, 0.3) is 5.70 Å². The maximum Gasteiger partial charge on any atom is 0.320 e. The second-order valence-corrected chi connectivity index (χ2v) is 8.19. The first-order valence-corrected chi connectivity index (χ1v) is 10.1. The van der Waals surface area contributed by atoms with Gasteiger partial charge in [0.2, 0.25) is 0 Å². The number of methoxy groups -OCH3 is 1. The van der Waals surface area contributed by atoms with E-state index in [1.54, 1.807) is 32.9 Å². The molecule has 0 amide bonds. The van der Waals surface area contributed by atoms with Crippen LogP contribution in [0.5, 0.6) is 0 Å². The third kappa shape index (κ3) is 4.75. The van der Waals surface area contributed by atoms with Crippen LogP contribution >= 0.6 is 11.6 Å². The summed E-state index contributed by atoms with van der Waals surface area (Å²) < 4.78 is 10.4. The quantitative estimate of drug-likeness (QED) is 0.266. The summed E-state index contributed by atoms with van der Waals surface area (Å²) in [5, 5.41) is 12.1. The zero-order valence-electron chi connectivity index (χ0n) is 17.6. The lowest BCUT2D eigenvalue weighted by Gasteiger charge is -2.35. The van der Waals surface area contributed by atoms with E-state index in [9.17, 15) is 19.7 Å². The first-order chi connectivity index (χ1) is 14.0. The fourth-order valence-electron chi connectivity index (χ4n) is 3.73. The Balaban J connectivity index is 2.53. The highest BCUT2D eigenvalue weighted by molar-refractivity contribution is 6.31. The molecule has 0 bridgehead atoms. The van der Waals surface area contributed by atoms with Crippen molar-refractivity contribution in [1.29, 1.82) is 0 Å². The van der Waals surface area contributed by atoms with Crippen molar-refractivity contribution in [2.75, 3.05) is 13.7 Å². The topological polar surface area (TPSA) is 122 Å². The SMILES string of the molecule is CCOC(=O)C(C(=O)C(C)(C)C1C=C(OC)C(Cl)=CC1)C1=C([N+](=O)[O-])C=C(N)CC1. The second-order valence-electron chi connectivity index (χ2n) is 7.79. The molecule has 0 radical (unpaired) electrons. The number of carbonyl (C=O) groups excluding carboxylic acids is 2. The van der Waals surface area contributed by atoms with E-state index >= 15 is 0 Å². The van der Waals surface area contributed by atoms with E-state index in [1.807, 2.05) is 0 Å². The molecule has 2 unspecified atom stereocenters. The van der Waals surface area contributed by atoms with Crippen molar-refractivity contribution in [1.82, 2.24) is 0 Å². The number of Topliss-reactive ketones (excluding diaryl/α,β-unsaturated/α-hetero) is 1. The van der Waals surface area contributed by atoms with Crippen molar-refractivity contribution in [3.63, 3.8) is 0 Å². The van der Waals surface area contributed by atoms with E-state index in [0.29, 0.717) is 29.3 Å². The number of hydrogen-bond donors (Lipinski definition) is 1. The minimum atomic E-state index is -1.38. The molecule has 2 atom stereocenters. The van der Waals surface area contributed by atoms with Crippen molar-refractivity contribution in [3.8, 4) is 0 Å². The van der Waals surface area contributed by atoms with Crippen LogP contribution in [0.3, 0.4) is 0 Å². The average molecular weight is 439 g/mol. The molecule has 0 aliphatic heterocycles. The third-order valence-corrected chi connectivity index (χ3v) is 5.93. The number of esters is 1. The van der Waals surface area contributed by atoms with Gasteiger partial charge in [0, 0.05) is 22.8 Å². The van der Waals surface area contributed by atoms with Crippen LogP contribution in [0, 0.1) is 27.4 Å². The summed E-state index contributed by atoms with van der Waals surface area (Å²) in [7, 11) is 1.48. The Morgan fingerprint density at radius 2 is 2.07 bits per heavy atom. The summed E-state index contributed by atoms with van der Waals surface area (Å²) in [5.74, 6) is -2.50. The van der Waals surface area contributed by atoms with Gasteiger partial charge in [-0.05, 0) is 38.2 Å². The van der Waals surface area contributed by atoms with Crippen LogP contribution in [0.4, 0.5) is 0 Å². The van der Waals surface area contributed by atoms with Crippen LogP contribution in [0.15, 0.2) is 46.0 Å². The molecule has 164 valence electrons. The zero-order valence-corrected chi connectivity index (χ0v) is 18.3. The molecule has 2 N–H and O–H groups in total. The molecule has 0 spiro atoms. The lowest BCUT2D eigenvalue weighted by atomic mass is 9.67. The third-order valence-electron chi connectivity index (χ3n) is 5.58. The number of nitrogens with two attached hydrogens (primary N) is 1. The van der Waals surface area contributed by atoms with Gasteiger partial charge in [-0.2, -0.15) is 0 Å². The van der Waals surface area contributed by atoms with Crippen molar-refractivity contribution >= 4 is 23.4 Å². The number of nitrogens with zero attached hydrogens (tertiary/aromatic N) is 1. The van der Waals surface area contributed by atoms with Gasteiger partial charge in [0.1, 0.15) is 11.7 Å². The van der Waals surface area contributed by atoms with Crippen LogP contribution in [0.2, 0.25) is 0 Å². The Morgan fingerprint density at radius 1 is 1.40 bits per heavy atom. The molecule has 8 nitrogen and oxygen atoms in total. The van der Waals surface area contributed by atoms with E-state index < -0.39 is 28.0 Å². The van der Waals surface area contributed by atoms with E-state index in [2.05, 4.69) is 0 Å². The zero-order chi connectivity index (χ0) is 22.6. The maximum atomic E-state index is 13.7. The van der Waals surface area contributed by atoms with Crippen molar-refractivity contribution in [3.05, 3.63) is 56.1 Å². The minimum absolute atomic E-state index is 0.0532. The summed E-state index contributed by atoms with van der Waals surface area (Å²) in [6.45, 7) is 5.09. The molecule has 0 aromatic heterocycles. The molecule has 0 saturated heterocycles. The summed E-state index contributed by atoms with van der Waals surface area (Å²) in [6.07, 6.45) is 5.66. The lowest BCUT2D eigenvalue weighted by Crippen LogP contribution is -2.42. The summed E-state index contributed by atoms with van der Waals surface area (Å²) in [5.41, 5.74) is 4.86. The summed E-state index contributed by atoms with van der Waals surface area (Å²) in [4.78, 5) is 37.5. The van der Waals surface area contributed by atoms with Gasteiger partial charge in [-0.25, -0.2) is 0 Å². The number of carbonyl (C=O) groups is 2. The Bertz CT molecular complexity index is 869. The fraction of sp³-hybridized carbons (Fsp3) is 0.524. The molecule has 2 rings (SSSR count). The average Bonchev–Trinajstić information content (AvgIpc) is 2.69. The van der Waals surface area contributed by atoms with Crippen LogP contribution in [-0.4, -0.2) is 30.4 Å². The molecule has 0 fully saturated rings. The van der Waals surface area contributed by atoms with Crippen molar-refractivity contribution < 1.29 is 24.0 Å². The molecule has 2 aliphatic rings. The highest BCUT2D eigenvalue weighted by Crippen LogP contribution is 2.42. The highest BCUT2D eigenvalue weighted by Gasteiger charge is 2.47.